The number of ether oxygens (including phenoxy) is 1. The van der Waals surface area contributed by atoms with Crippen molar-refractivity contribution in [2.24, 2.45) is 0 Å². The highest BCUT2D eigenvalue weighted by atomic mass is 32.2. The van der Waals surface area contributed by atoms with Gasteiger partial charge in [0.2, 0.25) is 0 Å². The number of nitrogens with two attached hydrogens (primary N) is 1. The predicted octanol–water partition coefficient (Wildman–Crippen LogP) is 1.13. The SMILES string of the molecule is CCC1COCCN1S(=O)(=O)c1cc(N)cs1. The summed E-state index contributed by atoms with van der Waals surface area (Å²) in [6, 6.07) is 1.44. The number of nitrogens with zero attached hydrogens (tertiary/aromatic N) is 1. The van der Waals surface area contributed by atoms with E-state index in [0.29, 0.717) is 29.7 Å². The fourth-order valence-electron chi connectivity index (χ4n) is 1.86. The summed E-state index contributed by atoms with van der Waals surface area (Å²) in [5.41, 5.74) is 6.07. The van der Waals surface area contributed by atoms with Gasteiger partial charge in [-0.05, 0) is 12.5 Å². The summed E-state index contributed by atoms with van der Waals surface area (Å²) < 4.78 is 31.9. The van der Waals surface area contributed by atoms with E-state index in [1.807, 2.05) is 6.92 Å². The van der Waals surface area contributed by atoms with Crippen LogP contribution in [0.15, 0.2) is 15.7 Å². The molecule has 1 aliphatic rings. The number of nitrogen functional groups attached to an aromatic ring is 1. The van der Waals surface area contributed by atoms with E-state index in [2.05, 4.69) is 0 Å². The second-order valence-electron chi connectivity index (χ2n) is 3.95. The fraction of sp³-hybridized carbons (Fsp3) is 0.600. The van der Waals surface area contributed by atoms with Crippen molar-refractivity contribution in [2.45, 2.75) is 23.6 Å². The normalized spacial score (nSPS) is 22.8. The Morgan fingerprint density at radius 2 is 2.41 bits per heavy atom. The van der Waals surface area contributed by atoms with Crippen molar-refractivity contribution < 1.29 is 13.2 Å². The van der Waals surface area contributed by atoms with Crippen LogP contribution in [0, 0.1) is 0 Å². The first kappa shape index (κ1) is 12.8. The molecule has 1 unspecified atom stereocenters. The standard InChI is InChI=1S/C10H16N2O3S2/c1-2-9-6-15-4-3-12(9)17(13,14)10-5-8(11)7-16-10/h5,7,9H,2-4,6,11H2,1H3. The summed E-state index contributed by atoms with van der Waals surface area (Å²) in [6.07, 6.45) is 0.750. The zero-order valence-electron chi connectivity index (χ0n) is 9.63. The lowest BCUT2D eigenvalue weighted by atomic mass is 10.2. The Labute approximate surface area is 105 Å². The molecule has 1 atom stereocenters. The molecule has 0 aromatic carbocycles. The van der Waals surface area contributed by atoms with E-state index in [0.717, 1.165) is 6.42 Å². The van der Waals surface area contributed by atoms with E-state index in [1.54, 1.807) is 5.38 Å². The van der Waals surface area contributed by atoms with Crippen molar-refractivity contribution in [3.63, 3.8) is 0 Å². The lowest BCUT2D eigenvalue weighted by Gasteiger charge is -2.33. The molecule has 0 bridgehead atoms. The van der Waals surface area contributed by atoms with Gasteiger partial charge >= 0.3 is 0 Å². The molecule has 0 aliphatic carbocycles. The highest BCUT2D eigenvalue weighted by Crippen LogP contribution is 2.28. The quantitative estimate of drug-likeness (QED) is 0.898. The molecule has 1 aromatic heterocycles. The molecular formula is C10H16N2O3S2. The first-order valence-electron chi connectivity index (χ1n) is 5.49. The van der Waals surface area contributed by atoms with Crippen LogP contribution in [0.4, 0.5) is 5.69 Å². The third-order valence-corrected chi connectivity index (χ3v) is 6.19. The van der Waals surface area contributed by atoms with Crippen molar-refractivity contribution in [2.75, 3.05) is 25.5 Å². The summed E-state index contributed by atoms with van der Waals surface area (Å²) >= 11 is 1.17. The maximum Gasteiger partial charge on any atom is 0.253 e. The second-order valence-corrected chi connectivity index (χ2v) is 6.98. The summed E-state index contributed by atoms with van der Waals surface area (Å²) in [5.74, 6) is 0. The van der Waals surface area contributed by atoms with Gasteiger partial charge in [0, 0.05) is 23.7 Å². The Balaban J connectivity index is 2.30. The van der Waals surface area contributed by atoms with Gasteiger partial charge in [-0.1, -0.05) is 6.92 Å². The molecule has 2 rings (SSSR count). The molecule has 7 heteroatoms. The van der Waals surface area contributed by atoms with Crippen molar-refractivity contribution in [3.8, 4) is 0 Å². The van der Waals surface area contributed by atoms with Crippen molar-refractivity contribution in [1.82, 2.24) is 4.31 Å². The average Bonchev–Trinajstić information content (AvgIpc) is 2.76. The van der Waals surface area contributed by atoms with Crippen LogP contribution in [0.1, 0.15) is 13.3 Å². The second kappa shape index (κ2) is 4.93. The lowest BCUT2D eigenvalue weighted by molar-refractivity contribution is 0.0315. The highest BCUT2D eigenvalue weighted by molar-refractivity contribution is 7.91. The van der Waals surface area contributed by atoms with Crippen LogP contribution in [0.3, 0.4) is 0 Å². The Hall–Kier alpha value is -0.630. The van der Waals surface area contributed by atoms with Gasteiger partial charge in [-0.3, -0.25) is 0 Å². The summed E-state index contributed by atoms with van der Waals surface area (Å²) in [6.45, 7) is 3.30. The van der Waals surface area contributed by atoms with Gasteiger partial charge in [0.05, 0.1) is 13.2 Å². The molecule has 0 saturated carbocycles. The highest BCUT2D eigenvalue weighted by Gasteiger charge is 2.33. The molecular weight excluding hydrogens is 260 g/mol. The number of rotatable bonds is 3. The van der Waals surface area contributed by atoms with Crippen LogP contribution >= 0.6 is 11.3 Å². The number of thiophene rings is 1. The van der Waals surface area contributed by atoms with E-state index < -0.39 is 10.0 Å². The minimum atomic E-state index is -3.41. The third-order valence-electron chi connectivity index (χ3n) is 2.80. The molecule has 2 N–H and O–H groups in total. The Bertz CT molecular complexity index is 483. The topological polar surface area (TPSA) is 72.6 Å². The summed E-state index contributed by atoms with van der Waals surface area (Å²) in [5, 5.41) is 1.65. The van der Waals surface area contributed by atoms with E-state index in [-0.39, 0.29) is 6.04 Å². The zero-order valence-corrected chi connectivity index (χ0v) is 11.3. The largest absolute Gasteiger partial charge is 0.398 e. The number of anilines is 1. The van der Waals surface area contributed by atoms with Crippen LogP contribution in [0.25, 0.3) is 0 Å². The van der Waals surface area contributed by atoms with Gasteiger partial charge < -0.3 is 10.5 Å². The number of hydrogen-bond donors (Lipinski definition) is 1. The Morgan fingerprint density at radius 1 is 1.65 bits per heavy atom. The van der Waals surface area contributed by atoms with Gasteiger partial charge in [-0.25, -0.2) is 8.42 Å². The summed E-state index contributed by atoms with van der Waals surface area (Å²) in [4.78, 5) is 0. The molecule has 0 radical (unpaired) electrons. The zero-order chi connectivity index (χ0) is 12.5. The molecule has 1 fully saturated rings. The minimum absolute atomic E-state index is 0.0722. The molecule has 5 nitrogen and oxygen atoms in total. The van der Waals surface area contributed by atoms with Crippen molar-refractivity contribution >= 4 is 27.0 Å². The summed E-state index contributed by atoms with van der Waals surface area (Å²) in [7, 11) is -3.41. The van der Waals surface area contributed by atoms with E-state index in [4.69, 9.17) is 10.5 Å². The first-order chi connectivity index (χ1) is 8.05. The van der Waals surface area contributed by atoms with Gasteiger partial charge in [0.1, 0.15) is 4.21 Å². The predicted molar refractivity (Wildman–Crippen MR) is 67.5 cm³/mol. The Kier molecular flexibility index (Phi) is 3.72. The van der Waals surface area contributed by atoms with Crippen LogP contribution in [-0.2, 0) is 14.8 Å². The minimum Gasteiger partial charge on any atom is -0.398 e. The lowest BCUT2D eigenvalue weighted by Crippen LogP contribution is -2.48. The molecule has 1 aromatic rings. The van der Waals surface area contributed by atoms with E-state index >= 15 is 0 Å². The van der Waals surface area contributed by atoms with Crippen molar-refractivity contribution in [3.05, 3.63) is 11.4 Å². The molecule has 96 valence electrons. The van der Waals surface area contributed by atoms with Crippen LogP contribution in [0.5, 0.6) is 0 Å². The third kappa shape index (κ3) is 2.47. The average molecular weight is 276 g/mol. The monoisotopic (exact) mass is 276 g/mol. The number of sulfonamides is 1. The van der Waals surface area contributed by atoms with Crippen LogP contribution in [-0.4, -0.2) is 38.5 Å². The van der Waals surface area contributed by atoms with Gasteiger partial charge in [-0.15, -0.1) is 11.3 Å². The molecule has 0 amide bonds. The smallest absolute Gasteiger partial charge is 0.253 e. The van der Waals surface area contributed by atoms with Gasteiger partial charge in [-0.2, -0.15) is 4.31 Å². The van der Waals surface area contributed by atoms with E-state index in [9.17, 15) is 8.42 Å². The molecule has 1 saturated heterocycles. The van der Waals surface area contributed by atoms with Crippen LogP contribution in [0.2, 0.25) is 0 Å². The van der Waals surface area contributed by atoms with Crippen molar-refractivity contribution in [1.29, 1.82) is 0 Å². The number of hydrogen-bond acceptors (Lipinski definition) is 5. The fourth-order valence-corrected chi connectivity index (χ4v) is 4.73. The Morgan fingerprint density at radius 3 is 3.00 bits per heavy atom. The van der Waals surface area contributed by atoms with Gasteiger partial charge in [0.25, 0.3) is 10.0 Å². The molecule has 17 heavy (non-hydrogen) atoms. The number of morpholine rings is 1. The first-order valence-corrected chi connectivity index (χ1v) is 7.81. The molecule has 0 spiro atoms. The maximum absolute atomic E-state index is 12.4. The molecule has 2 heterocycles. The van der Waals surface area contributed by atoms with Gasteiger partial charge in [0.15, 0.2) is 0 Å². The maximum atomic E-state index is 12.4. The van der Waals surface area contributed by atoms with E-state index in [1.165, 1.54) is 21.7 Å². The van der Waals surface area contributed by atoms with Crippen LogP contribution < -0.4 is 5.73 Å². The molecule has 1 aliphatic heterocycles.